The van der Waals surface area contributed by atoms with E-state index in [4.69, 9.17) is 27.9 Å². The Kier molecular flexibility index (Phi) is 8.10. The highest BCUT2D eigenvalue weighted by molar-refractivity contribution is 7.90. The summed E-state index contributed by atoms with van der Waals surface area (Å²) in [7, 11) is -7.82. The molecular formula is C23H21Cl2F2N5O8S2. The smallest absolute Gasteiger partial charge is 0.349 e. The van der Waals surface area contributed by atoms with Crippen molar-refractivity contribution in [2.45, 2.75) is 41.9 Å². The highest BCUT2D eigenvalue weighted by Crippen LogP contribution is 2.40. The molecule has 1 aliphatic carbocycles. The Morgan fingerprint density at radius 3 is 2.36 bits per heavy atom. The number of halogens is 4. The zero-order valence-corrected chi connectivity index (χ0v) is 24.3. The number of aromatic amines is 1. The van der Waals surface area contributed by atoms with Crippen molar-refractivity contribution in [1.82, 2.24) is 23.8 Å². The lowest BCUT2D eigenvalue weighted by atomic mass is 10.3. The van der Waals surface area contributed by atoms with E-state index in [0.29, 0.717) is 17.5 Å². The number of benzene rings is 2. The minimum absolute atomic E-state index is 0.0430. The summed E-state index contributed by atoms with van der Waals surface area (Å²) in [5.41, 5.74) is -3.89. The van der Waals surface area contributed by atoms with Crippen LogP contribution in [0, 0.1) is 0 Å². The van der Waals surface area contributed by atoms with Crippen molar-refractivity contribution in [2.75, 3.05) is 13.1 Å². The fourth-order valence-corrected chi connectivity index (χ4v) is 8.13. The van der Waals surface area contributed by atoms with E-state index in [-0.39, 0.29) is 46.7 Å². The Morgan fingerprint density at radius 1 is 1.07 bits per heavy atom. The summed E-state index contributed by atoms with van der Waals surface area (Å²) in [6.07, 6.45) is -1.87. The molecule has 2 aromatic carbocycles. The van der Waals surface area contributed by atoms with Gasteiger partial charge in [0, 0.05) is 25.2 Å². The molecule has 1 saturated heterocycles. The molecule has 0 radical (unpaired) electrons. The first kappa shape index (κ1) is 30.4. The van der Waals surface area contributed by atoms with Gasteiger partial charge in [0.05, 0.1) is 21.0 Å². The Hall–Kier alpha value is -3.09. The van der Waals surface area contributed by atoms with E-state index in [1.807, 2.05) is 0 Å². The molecule has 13 nitrogen and oxygen atoms in total. The maximum absolute atomic E-state index is 13.1. The Labute approximate surface area is 246 Å². The minimum atomic E-state index is -4.35. The van der Waals surface area contributed by atoms with Crippen LogP contribution in [0.5, 0.6) is 17.2 Å². The fourth-order valence-electron chi connectivity index (χ4n) is 4.30. The number of hydrogen-bond donors (Lipinski definition) is 3. The number of rotatable bonds is 9. The molecular weight excluding hydrogens is 647 g/mol. The number of sulfonamides is 2. The molecule has 0 unspecified atom stereocenters. The Balaban J connectivity index is 1.38. The van der Waals surface area contributed by atoms with Crippen molar-refractivity contribution >= 4 is 43.2 Å². The van der Waals surface area contributed by atoms with Crippen LogP contribution in [0.15, 0.2) is 44.8 Å². The average Bonchev–Trinajstić information content (AvgIpc) is 3.66. The SMILES string of the molecule is O=c1[nH]c(=O)n(-c2cc(Cl)c(Oc3ccc(O)c(S(=O)(=O)N[C@@H]4CCN(S(=O)(=O)C5CC5)C4)c3)c(Cl)c2)nc1C(F)F. The normalized spacial score (nSPS) is 18.1. The molecule has 1 aromatic heterocycles. The number of aromatic nitrogens is 3. The first-order valence-electron chi connectivity index (χ1n) is 12.2. The molecule has 19 heteroatoms. The van der Waals surface area contributed by atoms with Gasteiger partial charge in [-0.2, -0.15) is 9.78 Å². The van der Waals surface area contributed by atoms with Crippen LogP contribution in [0.2, 0.25) is 10.0 Å². The van der Waals surface area contributed by atoms with Crippen molar-refractivity contribution in [1.29, 1.82) is 0 Å². The average molecular weight is 668 g/mol. The number of alkyl halides is 2. The number of H-pyrrole nitrogens is 1. The van der Waals surface area contributed by atoms with Crippen molar-refractivity contribution in [3.63, 3.8) is 0 Å². The third-order valence-corrected chi connectivity index (χ3v) is 11.0. The van der Waals surface area contributed by atoms with Gasteiger partial charge in [0.25, 0.3) is 12.0 Å². The molecule has 1 aliphatic heterocycles. The number of phenols is 1. The number of hydrogen-bond acceptors (Lipinski definition) is 9. The zero-order valence-electron chi connectivity index (χ0n) is 21.1. The minimum Gasteiger partial charge on any atom is -0.507 e. The number of nitrogens with zero attached hydrogens (tertiary/aromatic N) is 3. The van der Waals surface area contributed by atoms with E-state index in [1.54, 1.807) is 4.98 Å². The highest BCUT2D eigenvalue weighted by Gasteiger charge is 2.43. The van der Waals surface area contributed by atoms with Crippen LogP contribution in [-0.2, 0) is 20.0 Å². The molecule has 2 fully saturated rings. The predicted molar refractivity (Wildman–Crippen MR) is 146 cm³/mol. The molecule has 5 rings (SSSR count). The number of aromatic hydroxyl groups is 1. The third kappa shape index (κ3) is 6.02. The van der Waals surface area contributed by atoms with E-state index in [9.17, 15) is 40.3 Å². The number of nitrogens with one attached hydrogen (secondary N) is 2. The highest BCUT2D eigenvalue weighted by atomic mass is 35.5. The van der Waals surface area contributed by atoms with Crippen LogP contribution in [-0.4, -0.2) is 65.4 Å². The molecule has 2 heterocycles. The number of phenolic OH excluding ortho intramolecular Hbond substituents is 1. The van der Waals surface area contributed by atoms with Crippen LogP contribution in [0.4, 0.5) is 8.78 Å². The van der Waals surface area contributed by atoms with Gasteiger partial charge in [-0.1, -0.05) is 23.2 Å². The summed E-state index contributed by atoms with van der Waals surface area (Å²) in [4.78, 5) is 24.9. The maximum Gasteiger partial charge on any atom is 0.349 e. The van der Waals surface area contributed by atoms with Gasteiger partial charge in [-0.25, -0.2) is 39.4 Å². The molecule has 226 valence electrons. The van der Waals surface area contributed by atoms with Crippen LogP contribution < -0.4 is 20.7 Å². The first-order valence-corrected chi connectivity index (χ1v) is 15.9. The third-order valence-electron chi connectivity index (χ3n) is 6.51. The molecule has 3 N–H and O–H groups in total. The molecule has 42 heavy (non-hydrogen) atoms. The van der Waals surface area contributed by atoms with Crippen molar-refractivity contribution in [2.24, 2.45) is 0 Å². The Bertz CT molecular complexity index is 1880. The molecule has 1 atom stereocenters. The van der Waals surface area contributed by atoms with Gasteiger partial charge >= 0.3 is 5.69 Å². The van der Waals surface area contributed by atoms with Gasteiger partial charge in [0.15, 0.2) is 11.4 Å². The maximum atomic E-state index is 13.1. The monoisotopic (exact) mass is 667 g/mol. The lowest BCUT2D eigenvalue weighted by Crippen LogP contribution is -2.39. The molecule has 0 spiro atoms. The predicted octanol–water partition coefficient (Wildman–Crippen LogP) is 2.51. The summed E-state index contributed by atoms with van der Waals surface area (Å²) >= 11 is 12.5. The summed E-state index contributed by atoms with van der Waals surface area (Å²) in [5.74, 6) is -0.957. The van der Waals surface area contributed by atoms with Gasteiger partial charge in [0.2, 0.25) is 20.0 Å². The van der Waals surface area contributed by atoms with Gasteiger partial charge in [-0.05, 0) is 43.5 Å². The van der Waals surface area contributed by atoms with Gasteiger partial charge in [-0.15, -0.1) is 0 Å². The van der Waals surface area contributed by atoms with Crippen LogP contribution in [0.25, 0.3) is 5.69 Å². The van der Waals surface area contributed by atoms with Crippen molar-refractivity contribution in [3.05, 3.63) is 66.9 Å². The molecule has 3 aromatic rings. The summed E-state index contributed by atoms with van der Waals surface area (Å²) in [6, 6.07) is 4.72. The second-order valence-electron chi connectivity index (χ2n) is 9.54. The van der Waals surface area contributed by atoms with Crippen molar-refractivity contribution < 1.29 is 35.5 Å². The van der Waals surface area contributed by atoms with E-state index in [0.717, 1.165) is 24.3 Å². The molecule has 2 aliphatic rings. The van der Waals surface area contributed by atoms with E-state index in [2.05, 4.69) is 9.82 Å². The van der Waals surface area contributed by atoms with E-state index < -0.39 is 65.4 Å². The second-order valence-corrected chi connectivity index (χ2v) is 14.2. The molecule has 0 bridgehead atoms. The standard InChI is InChI=1S/C23H21Cl2F2N5O8S2/c24-15-7-12(32-23(35)28-22(34)19(29-32)21(26)27)8-16(25)20(15)40-13-1-4-17(33)18(9-13)41(36,37)30-11-5-6-31(10-11)42(38,39)14-2-3-14/h1,4,7-9,11,14,21,30,33H,2-3,5-6,10H2,(H,28,34,35)/t11-/m1/s1. The first-order chi connectivity index (χ1) is 19.7. The largest absolute Gasteiger partial charge is 0.507 e. The van der Waals surface area contributed by atoms with Crippen LogP contribution in [0.3, 0.4) is 0 Å². The van der Waals surface area contributed by atoms with Gasteiger partial charge < -0.3 is 9.84 Å². The van der Waals surface area contributed by atoms with Gasteiger partial charge in [-0.3, -0.25) is 9.78 Å². The lowest BCUT2D eigenvalue weighted by molar-refractivity contribution is 0.141. The van der Waals surface area contributed by atoms with Gasteiger partial charge in [0.1, 0.15) is 16.4 Å². The van der Waals surface area contributed by atoms with E-state index >= 15 is 0 Å². The molecule has 1 saturated carbocycles. The lowest BCUT2D eigenvalue weighted by Gasteiger charge is -2.17. The van der Waals surface area contributed by atoms with Crippen LogP contribution >= 0.6 is 23.2 Å². The topological polar surface area (TPSA) is 181 Å². The fraction of sp³-hybridized carbons (Fsp3) is 0.348. The zero-order chi connectivity index (χ0) is 30.6. The quantitative estimate of drug-likeness (QED) is 0.309. The summed E-state index contributed by atoms with van der Waals surface area (Å²) in [6.45, 7) is 0.122. The van der Waals surface area contributed by atoms with Crippen molar-refractivity contribution in [3.8, 4) is 22.9 Å². The second kappa shape index (κ2) is 11.2. The van der Waals surface area contributed by atoms with E-state index in [1.165, 1.54) is 10.4 Å². The Morgan fingerprint density at radius 2 is 1.74 bits per heavy atom. The molecule has 0 amide bonds. The number of ether oxygens (including phenoxy) is 1. The van der Waals surface area contributed by atoms with Crippen LogP contribution in [0.1, 0.15) is 31.4 Å². The summed E-state index contributed by atoms with van der Waals surface area (Å²) < 4.78 is 87.2. The summed E-state index contributed by atoms with van der Waals surface area (Å²) in [5, 5.41) is 12.8.